The minimum Gasteiger partial charge on any atom is -0.329 e. The van der Waals surface area contributed by atoms with E-state index in [4.69, 9.17) is 0 Å². The molecule has 25 heavy (non-hydrogen) atoms. The number of hydrogen-bond acceptors (Lipinski definition) is 3. The first-order chi connectivity index (χ1) is 11.7. The van der Waals surface area contributed by atoms with E-state index in [1.165, 1.54) is 10.6 Å². The van der Waals surface area contributed by atoms with Gasteiger partial charge in [0.25, 0.3) is 0 Å². The Bertz CT molecular complexity index is 803. The third-order valence-corrected chi connectivity index (χ3v) is 6.81. The van der Waals surface area contributed by atoms with E-state index < -0.39 is 15.6 Å². The molecule has 1 aromatic carbocycles. The van der Waals surface area contributed by atoms with Gasteiger partial charge in [-0.15, -0.1) is 0 Å². The van der Waals surface area contributed by atoms with E-state index in [0.717, 1.165) is 17.7 Å². The van der Waals surface area contributed by atoms with Crippen molar-refractivity contribution in [2.45, 2.75) is 45.2 Å². The third-order valence-electron chi connectivity index (χ3n) is 5.63. The third kappa shape index (κ3) is 2.86. The maximum atomic E-state index is 12.4. The zero-order chi connectivity index (χ0) is 18.4. The summed E-state index contributed by atoms with van der Waals surface area (Å²) in [7, 11) is -3.40. The van der Waals surface area contributed by atoms with Crippen molar-refractivity contribution in [3.63, 3.8) is 0 Å². The average molecular weight is 362 g/mol. The zero-order valence-electron chi connectivity index (χ0n) is 15.3. The van der Waals surface area contributed by atoms with E-state index in [2.05, 4.69) is 13.8 Å². The van der Waals surface area contributed by atoms with Crippen LogP contribution in [0.1, 0.15) is 39.2 Å². The summed E-state index contributed by atoms with van der Waals surface area (Å²) in [4.78, 5) is 14.4. The molecule has 3 rings (SSSR count). The van der Waals surface area contributed by atoms with Crippen molar-refractivity contribution in [2.24, 2.45) is 5.92 Å². The van der Waals surface area contributed by atoms with Crippen molar-refractivity contribution < 1.29 is 13.2 Å². The van der Waals surface area contributed by atoms with Crippen LogP contribution in [0.5, 0.6) is 0 Å². The van der Waals surface area contributed by atoms with E-state index in [1.807, 2.05) is 41.3 Å². The summed E-state index contributed by atoms with van der Waals surface area (Å²) in [6.07, 6.45) is 4.71. The molecule has 0 aromatic heterocycles. The quantitative estimate of drug-likeness (QED) is 0.813. The highest BCUT2D eigenvalue weighted by Crippen LogP contribution is 2.51. The first-order valence-corrected chi connectivity index (χ1v) is 10.6. The summed E-state index contributed by atoms with van der Waals surface area (Å²) < 4.78 is 26.3. The second-order valence-electron chi connectivity index (χ2n) is 7.32. The largest absolute Gasteiger partial charge is 0.329 e. The molecule has 1 amide bonds. The molecule has 2 heterocycles. The number of nitrogens with zero attached hydrogens (tertiary/aromatic N) is 2. The second kappa shape index (κ2) is 6.16. The second-order valence-corrected chi connectivity index (χ2v) is 9.23. The maximum absolute atomic E-state index is 12.4. The Labute approximate surface area is 150 Å². The predicted molar refractivity (Wildman–Crippen MR) is 99.1 cm³/mol. The SMILES string of the molecule is CC(=O)N1[C@H](C)C[C@H](C)[C@@]12CCN(S(C)(=O)=O)/C2=C/c1ccccc1. The molecule has 6 heteroatoms. The van der Waals surface area contributed by atoms with Crippen LogP contribution in [-0.4, -0.2) is 47.9 Å². The Morgan fingerprint density at radius 3 is 2.44 bits per heavy atom. The first kappa shape index (κ1) is 18.0. The summed E-state index contributed by atoms with van der Waals surface area (Å²) in [5.41, 5.74) is 1.13. The van der Waals surface area contributed by atoms with Crippen LogP contribution in [0.3, 0.4) is 0 Å². The van der Waals surface area contributed by atoms with Crippen molar-refractivity contribution in [3.8, 4) is 0 Å². The van der Waals surface area contributed by atoms with Gasteiger partial charge >= 0.3 is 0 Å². The molecule has 1 spiro atoms. The summed E-state index contributed by atoms with van der Waals surface area (Å²) in [6, 6.07) is 9.82. The highest BCUT2D eigenvalue weighted by atomic mass is 32.2. The van der Waals surface area contributed by atoms with Crippen molar-refractivity contribution in [2.75, 3.05) is 12.8 Å². The van der Waals surface area contributed by atoms with Gasteiger partial charge in [0.15, 0.2) is 0 Å². The van der Waals surface area contributed by atoms with Crippen molar-refractivity contribution in [3.05, 3.63) is 41.6 Å². The van der Waals surface area contributed by atoms with Gasteiger partial charge in [-0.1, -0.05) is 37.3 Å². The Morgan fingerprint density at radius 1 is 1.24 bits per heavy atom. The Hall–Kier alpha value is -1.82. The van der Waals surface area contributed by atoms with Gasteiger partial charge in [-0.2, -0.15) is 0 Å². The molecule has 0 saturated carbocycles. The summed E-state index contributed by atoms with van der Waals surface area (Å²) >= 11 is 0. The van der Waals surface area contributed by atoms with Gasteiger partial charge in [-0.25, -0.2) is 8.42 Å². The highest BCUT2D eigenvalue weighted by molar-refractivity contribution is 7.88. The van der Waals surface area contributed by atoms with Crippen molar-refractivity contribution >= 4 is 22.0 Å². The lowest BCUT2D eigenvalue weighted by atomic mass is 9.82. The molecule has 0 N–H and O–H groups in total. The minimum absolute atomic E-state index is 0.00571. The summed E-state index contributed by atoms with van der Waals surface area (Å²) in [5, 5.41) is 0. The fourth-order valence-electron chi connectivity index (χ4n) is 4.76. The van der Waals surface area contributed by atoms with Gasteiger partial charge in [0, 0.05) is 19.5 Å². The van der Waals surface area contributed by atoms with E-state index in [-0.39, 0.29) is 17.9 Å². The molecule has 2 aliphatic rings. The van der Waals surface area contributed by atoms with Crippen molar-refractivity contribution in [1.29, 1.82) is 0 Å². The van der Waals surface area contributed by atoms with Crippen LogP contribution in [0.2, 0.25) is 0 Å². The normalized spacial score (nSPS) is 31.3. The van der Waals surface area contributed by atoms with Gasteiger partial charge in [0.05, 0.1) is 17.5 Å². The van der Waals surface area contributed by atoms with Gasteiger partial charge in [-0.3, -0.25) is 9.10 Å². The maximum Gasteiger partial charge on any atom is 0.232 e. The van der Waals surface area contributed by atoms with E-state index in [0.29, 0.717) is 13.0 Å². The topological polar surface area (TPSA) is 57.7 Å². The van der Waals surface area contributed by atoms with Crippen molar-refractivity contribution in [1.82, 2.24) is 9.21 Å². The molecule has 1 aromatic rings. The lowest BCUT2D eigenvalue weighted by molar-refractivity contribution is -0.134. The molecule has 136 valence electrons. The van der Waals surface area contributed by atoms with Crippen LogP contribution in [0.15, 0.2) is 36.0 Å². The first-order valence-electron chi connectivity index (χ1n) is 8.72. The molecule has 0 bridgehead atoms. The van der Waals surface area contributed by atoms with Crippen LogP contribution in [0, 0.1) is 5.92 Å². The smallest absolute Gasteiger partial charge is 0.232 e. The molecular formula is C19H26N2O3S. The Morgan fingerprint density at radius 2 is 1.88 bits per heavy atom. The fourth-order valence-corrected chi connectivity index (χ4v) is 5.75. The standard InChI is InChI=1S/C19H26N2O3S/c1-14-12-15(2)21(16(3)22)19(14)10-11-20(25(4,23)24)18(19)13-17-8-6-5-7-9-17/h5-9,13-15H,10-12H2,1-4H3/b18-13+/t14-,15+,19+/m0/s1. The minimum atomic E-state index is -3.40. The summed E-state index contributed by atoms with van der Waals surface area (Å²) in [5.74, 6) is 0.208. The number of carbonyl (C=O) groups is 1. The zero-order valence-corrected chi connectivity index (χ0v) is 16.1. The van der Waals surface area contributed by atoms with Gasteiger partial charge in [-0.05, 0) is 37.3 Å². The fraction of sp³-hybridized carbons (Fsp3) is 0.526. The van der Waals surface area contributed by atoms with E-state index in [9.17, 15) is 13.2 Å². The van der Waals surface area contributed by atoms with Crippen LogP contribution in [-0.2, 0) is 14.8 Å². The molecule has 2 aliphatic heterocycles. The van der Waals surface area contributed by atoms with Gasteiger partial charge in [0.2, 0.25) is 15.9 Å². The number of sulfonamides is 1. The Kier molecular flexibility index (Phi) is 4.43. The lowest BCUT2D eigenvalue weighted by Gasteiger charge is -2.41. The molecule has 0 aliphatic carbocycles. The van der Waals surface area contributed by atoms with E-state index >= 15 is 0 Å². The van der Waals surface area contributed by atoms with Crippen LogP contribution in [0.25, 0.3) is 6.08 Å². The molecule has 2 fully saturated rings. The number of carbonyl (C=O) groups excluding carboxylic acids is 1. The molecule has 0 unspecified atom stereocenters. The lowest BCUT2D eigenvalue weighted by Crippen LogP contribution is -2.52. The van der Waals surface area contributed by atoms with Crippen LogP contribution in [0.4, 0.5) is 0 Å². The number of hydrogen-bond donors (Lipinski definition) is 0. The number of amides is 1. The predicted octanol–water partition coefficient (Wildman–Crippen LogP) is 2.71. The number of likely N-dealkylation sites (tertiary alicyclic amines) is 1. The Balaban J connectivity index is 2.21. The molecule has 5 nitrogen and oxygen atoms in total. The van der Waals surface area contributed by atoms with Gasteiger partial charge in [0.1, 0.15) is 0 Å². The molecule has 3 atom stereocenters. The van der Waals surface area contributed by atoms with Gasteiger partial charge < -0.3 is 4.90 Å². The molecule has 0 radical (unpaired) electrons. The number of rotatable bonds is 2. The summed E-state index contributed by atoms with van der Waals surface area (Å²) in [6.45, 7) is 6.18. The van der Waals surface area contributed by atoms with Crippen LogP contribution < -0.4 is 0 Å². The van der Waals surface area contributed by atoms with Crippen LogP contribution >= 0.6 is 0 Å². The monoisotopic (exact) mass is 362 g/mol. The average Bonchev–Trinajstić information content (AvgIpc) is 2.99. The number of benzene rings is 1. The molecular weight excluding hydrogens is 336 g/mol. The van der Waals surface area contributed by atoms with E-state index in [1.54, 1.807) is 6.92 Å². The highest BCUT2D eigenvalue weighted by Gasteiger charge is 2.58. The molecule has 2 saturated heterocycles.